The quantitative estimate of drug-likeness (QED) is 0.817. The highest BCUT2D eigenvalue weighted by Crippen LogP contribution is 2.60. The van der Waals surface area contributed by atoms with Gasteiger partial charge in [-0.3, -0.25) is 0 Å². The molecular formula is C19H25NO4. The fourth-order valence-electron chi connectivity index (χ4n) is 5.74. The Hall–Kier alpha value is -1.14. The van der Waals surface area contributed by atoms with Crippen LogP contribution in [0.3, 0.4) is 0 Å². The predicted octanol–water partition coefficient (Wildman–Crippen LogP) is 1.51. The van der Waals surface area contributed by atoms with Gasteiger partial charge in [0.1, 0.15) is 5.75 Å². The average molecular weight is 331 g/mol. The Kier molecular flexibility index (Phi) is 3.12. The van der Waals surface area contributed by atoms with Gasteiger partial charge in [0, 0.05) is 24.3 Å². The monoisotopic (exact) mass is 331 g/mol. The van der Waals surface area contributed by atoms with Gasteiger partial charge in [0.15, 0.2) is 5.79 Å². The first-order chi connectivity index (χ1) is 11.6. The van der Waals surface area contributed by atoms with Crippen molar-refractivity contribution in [2.45, 2.75) is 54.9 Å². The van der Waals surface area contributed by atoms with Gasteiger partial charge < -0.3 is 24.6 Å². The van der Waals surface area contributed by atoms with Gasteiger partial charge >= 0.3 is 0 Å². The summed E-state index contributed by atoms with van der Waals surface area (Å²) in [4.78, 5) is 0. The Labute approximate surface area is 142 Å². The highest BCUT2D eigenvalue weighted by atomic mass is 16.7. The first-order valence-electron chi connectivity index (χ1n) is 9.02. The lowest BCUT2D eigenvalue weighted by molar-refractivity contribution is -0.246. The minimum absolute atomic E-state index is 0.103. The second-order valence-corrected chi connectivity index (χ2v) is 7.77. The van der Waals surface area contributed by atoms with Crippen molar-refractivity contribution < 1.29 is 19.3 Å². The number of ether oxygens (including phenoxy) is 3. The molecule has 2 aliphatic heterocycles. The topological polar surface area (TPSA) is 60.0 Å². The lowest BCUT2D eigenvalue weighted by atomic mass is 9.49. The smallest absolute Gasteiger partial charge is 0.169 e. The molecule has 3 atom stereocenters. The molecule has 1 aromatic carbocycles. The van der Waals surface area contributed by atoms with E-state index in [0.29, 0.717) is 19.6 Å². The molecular weight excluding hydrogens is 306 g/mol. The maximum Gasteiger partial charge on any atom is 0.169 e. The summed E-state index contributed by atoms with van der Waals surface area (Å²) >= 11 is 0. The van der Waals surface area contributed by atoms with Crippen LogP contribution in [0.1, 0.15) is 36.8 Å². The Bertz CT molecular complexity index is 671. The Morgan fingerprint density at radius 1 is 1.21 bits per heavy atom. The number of methoxy groups -OCH3 is 1. The zero-order chi connectivity index (χ0) is 16.4. The van der Waals surface area contributed by atoms with Gasteiger partial charge in [0.05, 0.1) is 25.9 Å². The van der Waals surface area contributed by atoms with Crippen LogP contribution in [0.4, 0.5) is 0 Å². The zero-order valence-corrected chi connectivity index (χ0v) is 14.1. The standard InChI is InChI=1S/C19H25NO4/c1-22-14-3-2-13-10-16-19(21)5-4-18(23-8-9-24-18)12-17(19,6-7-20-16)15(13)11-14/h2-3,11,16,20-21H,4-10,12H2,1H3/t16-,17+,19+/m0/s1. The summed E-state index contributed by atoms with van der Waals surface area (Å²) in [6.45, 7) is 2.22. The van der Waals surface area contributed by atoms with Gasteiger partial charge in [0.2, 0.25) is 0 Å². The molecule has 130 valence electrons. The molecule has 0 amide bonds. The van der Waals surface area contributed by atoms with E-state index in [-0.39, 0.29) is 11.5 Å². The molecule has 2 aliphatic carbocycles. The van der Waals surface area contributed by atoms with Crippen LogP contribution in [0, 0.1) is 0 Å². The number of nitrogens with one attached hydrogen (secondary N) is 1. The maximum atomic E-state index is 11.8. The molecule has 1 spiro atoms. The van der Waals surface area contributed by atoms with Gasteiger partial charge in [0.25, 0.3) is 0 Å². The van der Waals surface area contributed by atoms with Crippen molar-refractivity contribution in [2.75, 3.05) is 26.9 Å². The van der Waals surface area contributed by atoms with E-state index in [0.717, 1.165) is 38.0 Å². The molecule has 0 radical (unpaired) electrons. The Morgan fingerprint density at radius 3 is 2.83 bits per heavy atom. The van der Waals surface area contributed by atoms with Crippen LogP contribution in [-0.4, -0.2) is 49.4 Å². The first-order valence-corrected chi connectivity index (χ1v) is 9.02. The molecule has 0 aromatic heterocycles. The highest BCUT2D eigenvalue weighted by Gasteiger charge is 2.66. The number of fused-ring (bicyclic) bond motifs is 1. The third kappa shape index (κ3) is 1.79. The fourth-order valence-corrected chi connectivity index (χ4v) is 5.74. The van der Waals surface area contributed by atoms with Crippen molar-refractivity contribution in [1.82, 2.24) is 5.32 Å². The van der Waals surface area contributed by atoms with Gasteiger partial charge in [-0.15, -0.1) is 0 Å². The van der Waals surface area contributed by atoms with Gasteiger partial charge in [-0.05, 0) is 49.1 Å². The van der Waals surface area contributed by atoms with Crippen molar-refractivity contribution >= 4 is 0 Å². The zero-order valence-electron chi connectivity index (χ0n) is 14.1. The summed E-state index contributed by atoms with van der Waals surface area (Å²) in [5, 5.41) is 15.4. The number of aliphatic hydroxyl groups is 1. The molecule has 2 N–H and O–H groups in total. The summed E-state index contributed by atoms with van der Waals surface area (Å²) in [6.07, 6.45) is 3.97. The fraction of sp³-hybridized carbons (Fsp3) is 0.684. The minimum atomic E-state index is -0.745. The number of hydrogen-bond acceptors (Lipinski definition) is 5. The molecule has 24 heavy (non-hydrogen) atoms. The molecule has 1 saturated carbocycles. The van der Waals surface area contributed by atoms with E-state index in [1.54, 1.807) is 7.11 Å². The van der Waals surface area contributed by atoms with Crippen molar-refractivity contribution in [1.29, 1.82) is 0 Å². The normalized spacial score (nSPS) is 39.3. The number of hydrogen-bond donors (Lipinski definition) is 2. The van der Waals surface area contributed by atoms with E-state index >= 15 is 0 Å². The van der Waals surface area contributed by atoms with Gasteiger partial charge in [-0.2, -0.15) is 0 Å². The van der Waals surface area contributed by atoms with E-state index < -0.39 is 11.4 Å². The van der Waals surface area contributed by atoms with Crippen LogP contribution >= 0.6 is 0 Å². The van der Waals surface area contributed by atoms with Crippen molar-refractivity contribution in [3.8, 4) is 5.75 Å². The highest BCUT2D eigenvalue weighted by molar-refractivity contribution is 5.48. The minimum Gasteiger partial charge on any atom is -0.497 e. The summed E-state index contributed by atoms with van der Waals surface area (Å²) in [6, 6.07) is 6.42. The summed E-state index contributed by atoms with van der Waals surface area (Å²) in [7, 11) is 1.70. The molecule has 2 saturated heterocycles. The molecule has 5 heteroatoms. The van der Waals surface area contributed by atoms with E-state index in [2.05, 4.69) is 17.4 Å². The second-order valence-electron chi connectivity index (χ2n) is 7.77. The molecule has 1 aromatic rings. The lowest BCUT2D eigenvalue weighted by Gasteiger charge is -2.63. The summed E-state index contributed by atoms with van der Waals surface area (Å²) < 4.78 is 17.6. The van der Waals surface area contributed by atoms with Crippen molar-refractivity contribution in [3.63, 3.8) is 0 Å². The van der Waals surface area contributed by atoms with E-state index in [1.165, 1.54) is 11.1 Å². The van der Waals surface area contributed by atoms with E-state index in [4.69, 9.17) is 14.2 Å². The Balaban J connectivity index is 1.69. The third-order valence-corrected chi connectivity index (χ3v) is 6.88. The van der Waals surface area contributed by atoms with Crippen molar-refractivity contribution in [3.05, 3.63) is 29.3 Å². The summed E-state index contributed by atoms with van der Waals surface area (Å²) in [5.74, 6) is 0.335. The predicted molar refractivity (Wildman–Crippen MR) is 88.2 cm³/mol. The third-order valence-electron chi connectivity index (χ3n) is 6.88. The molecule has 2 bridgehead atoms. The van der Waals surface area contributed by atoms with Gasteiger partial charge in [-0.1, -0.05) is 6.07 Å². The molecule has 0 unspecified atom stereocenters. The number of rotatable bonds is 1. The van der Waals surface area contributed by atoms with Crippen LogP contribution < -0.4 is 10.1 Å². The van der Waals surface area contributed by atoms with Crippen molar-refractivity contribution in [2.24, 2.45) is 0 Å². The molecule has 3 fully saturated rings. The molecule has 5 nitrogen and oxygen atoms in total. The van der Waals surface area contributed by atoms with E-state index in [9.17, 15) is 5.11 Å². The van der Waals surface area contributed by atoms with E-state index in [1.807, 2.05) is 6.07 Å². The van der Waals surface area contributed by atoms with Crippen LogP contribution in [0.5, 0.6) is 5.75 Å². The number of piperidine rings is 1. The Morgan fingerprint density at radius 2 is 2.04 bits per heavy atom. The van der Waals surface area contributed by atoms with Crippen LogP contribution in [0.25, 0.3) is 0 Å². The first kappa shape index (κ1) is 15.1. The van der Waals surface area contributed by atoms with Gasteiger partial charge in [-0.25, -0.2) is 0 Å². The summed E-state index contributed by atoms with van der Waals surface area (Å²) in [5.41, 5.74) is 1.48. The van der Waals surface area contributed by atoms with Crippen LogP contribution in [0.15, 0.2) is 18.2 Å². The molecule has 4 aliphatic rings. The number of benzene rings is 1. The second kappa shape index (κ2) is 4.94. The lowest BCUT2D eigenvalue weighted by Crippen LogP contribution is -2.74. The SMILES string of the molecule is COc1ccc2c(c1)[C@]13CCN[C@@H](C2)[C@]1(O)CCC1(C3)OCCO1. The largest absolute Gasteiger partial charge is 0.497 e. The maximum absolute atomic E-state index is 11.8. The van der Waals surface area contributed by atoms with Crippen LogP contribution in [0.2, 0.25) is 0 Å². The molecule has 5 rings (SSSR count). The van der Waals surface area contributed by atoms with Crippen LogP contribution in [-0.2, 0) is 21.3 Å². The average Bonchev–Trinajstić information content (AvgIpc) is 3.03. The molecule has 2 heterocycles.